The van der Waals surface area contributed by atoms with Gasteiger partial charge < -0.3 is 15.0 Å². The van der Waals surface area contributed by atoms with Crippen LogP contribution >= 0.6 is 0 Å². The summed E-state index contributed by atoms with van der Waals surface area (Å²) in [6.45, 7) is 9.64. The van der Waals surface area contributed by atoms with E-state index in [1.54, 1.807) is 0 Å². The van der Waals surface area contributed by atoms with Crippen LogP contribution in [0.1, 0.15) is 59.8 Å². The molecule has 1 N–H and O–H groups in total. The molecule has 0 aromatic heterocycles. The molecule has 0 aromatic rings. The molecule has 4 heteroatoms. The minimum absolute atomic E-state index is 0.167. The fraction of sp³-hybridized carbons (Fsp3) is 0.938. The summed E-state index contributed by atoms with van der Waals surface area (Å²) in [6, 6.07) is 1.10. The number of likely N-dealkylation sites (tertiary alicyclic amines) is 1. The fourth-order valence-corrected chi connectivity index (χ4v) is 3.32. The summed E-state index contributed by atoms with van der Waals surface area (Å²) >= 11 is 0. The van der Waals surface area contributed by atoms with E-state index in [0.717, 1.165) is 25.4 Å². The molecule has 3 atom stereocenters. The van der Waals surface area contributed by atoms with Crippen LogP contribution in [0.25, 0.3) is 0 Å². The Bertz CT molecular complexity index is 338. The Balaban J connectivity index is 1.74. The van der Waals surface area contributed by atoms with Gasteiger partial charge in [0.05, 0.1) is 0 Å². The molecule has 2 fully saturated rings. The number of ether oxygens (including phenoxy) is 1. The van der Waals surface area contributed by atoms with Crippen molar-refractivity contribution in [3.63, 3.8) is 0 Å². The number of hydrogen-bond donors (Lipinski definition) is 1. The van der Waals surface area contributed by atoms with E-state index in [-0.39, 0.29) is 6.09 Å². The van der Waals surface area contributed by atoms with Crippen molar-refractivity contribution < 1.29 is 9.53 Å². The molecule has 1 heterocycles. The van der Waals surface area contributed by atoms with E-state index in [0.29, 0.717) is 12.1 Å². The van der Waals surface area contributed by atoms with Crippen LogP contribution in [0.3, 0.4) is 0 Å². The number of amides is 1. The Morgan fingerprint density at radius 1 is 1.25 bits per heavy atom. The summed E-state index contributed by atoms with van der Waals surface area (Å²) < 4.78 is 5.43. The molecule has 1 amide bonds. The fourth-order valence-electron chi connectivity index (χ4n) is 3.32. The van der Waals surface area contributed by atoms with E-state index < -0.39 is 5.60 Å². The second kappa shape index (κ2) is 6.33. The maximum absolute atomic E-state index is 12.0. The molecule has 0 aromatic carbocycles. The van der Waals surface area contributed by atoms with Crippen molar-refractivity contribution in [3.05, 3.63) is 0 Å². The van der Waals surface area contributed by atoms with E-state index in [4.69, 9.17) is 4.74 Å². The van der Waals surface area contributed by atoms with Crippen LogP contribution in [0.15, 0.2) is 0 Å². The molecule has 116 valence electrons. The van der Waals surface area contributed by atoms with E-state index >= 15 is 0 Å². The third-order valence-corrected chi connectivity index (χ3v) is 4.43. The predicted octanol–water partition coefficient (Wildman–Crippen LogP) is 3.16. The first-order valence-corrected chi connectivity index (χ1v) is 8.11. The topological polar surface area (TPSA) is 41.6 Å². The minimum atomic E-state index is -0.400. The van der Waals surface area contributed by atoms with Crippen molar-refractivity contribution in [1.82, 2.24) is 10.2 Å². The van der Waals surface area contributed by atoms with Gasteiger partial charge in [-0.05, 0) is 52.4 Å². The highest BCUT2D eigenvalue weighted by atomic mass is 16.6. The first-order valence-electron chi connectivity index (χ1n) is 8.11. The maximum atomic E-state index is 12.0. The molecule has 1 saturated heterocycles. The molecule has 1 aliphatic heterocycles. The van der Waals surface area contributed by atoms with Crippen molar-refractivity contribution in [1.29, 1.82) is 0 Å². The van der Waals surface area contributed by atoms with Gasteiger partial charge in [0.2, 0.25) is 0 Å². The summed E-state index contributed by atoms with van der Waals surface area (Å²) in [5.74, 6) is 0.899. The summed E-state index contributed by atoms with van der Waals surface area (Å²) in [6.07, 6.45) is 6.14. The summed E-state index contributed by atoms with van der Waals surface area (Å²) in [5.41, 5.74) is -0.400. The van der Waals surface area contributed by atoms with Gasteiger partial charge in [-0.2, -0.15) is 0 Å². The molecule has 4 nitrogen and oxygen atoms in total. The van der Waals surface area contributed by atoms with Crippen LogP contribution in [0.5, 0.6) is 0 Å². The SMILES string of the molecule is CCC1CCC(NC2CCN(C(=O)OC(C)(C)C)C2)C1. The smallest absolute Gasteiger partial charge is 0.410 e. The van der Waals surface area contributed by atoms with Crippen LogP contribution in [-0.4, -0.2) is 41.8 Å². The average Bonchev–Trinajstić information content (AvgIpc) is 2.96. The van der Waals surface area contributed by atoms with Crippen LogP contribution < -0.4 is 5.32 Å². The normalized spacial score (nSPS) is 30.8. The molecule has 0 spiro atoms. The van der Waals surface area contributed by atoms with Crippen molar-refractivity contribution in [3.8, 4) is 0 Å². The number of nitrogens with one attached hydrogen (secondary N) is 1. The van der Waals surface area contributed by atoms with Gasteiger partial charge in [0.15, 0.2) is 0 Å². The van der Waals surface area contributed by atoms with Crippen LogP contribution in [0.2, 0.25) is 0 Å². The molecule has 1 aliphatic carbocycles. The number of carbonyl (C=O) groups is 1. The quantitative estimate of drug-likeness (QED) is 0.864. The number of carbonyl (C=O) groups excluding carboxylic acids is 1. The molecule has 0 bridgehead atoms. The molecule has 1 saturated carbocycles. The Labute approximate surface area is 123 Å². The zero-order valence-electron chi connectivity index (χ0n) is 13.4. The van der Waals surface area contributed by atoms with E-state index in [1.165, 1.54) is 25.7 Å². The molecular weight excluding hydrogens is 252 g/mol. The Hall–Kier alpha value is -0.770. The van der Waals surface area contributed by atoms with Crippen LogP contribution in [0, 0.1) is 5.92 Å². The van der Waals surface area contributed by atoms with Gasteiger partial charge in [-0.15, -0.1) is 0 Å². The van der Waals surface area contributed by atoms with Gasteiger partial charge in [-0.1, -0.05) is 13.3 Å². The number of hydrogen-bond acceptors (Lipinski definition) is 3. The molecule has 3 unspecified atom stereocenters. The monoisotopic (exact) mass is 282 g/mol. The zero-order chi connectivity index (χ0) is 14.8. The lowest BCUT2D eigenvalue weighted by atomic mass is 10.1. The average molecular weight is 282 g/mol. The number of nitrogens with zero attached hydrogens (tertiary/aromatic N) is 1. The summed E-state index contributed by atoms with van der Waals surface area (Å²) in [4.78, 5) is 13.9. The second-order valence-electron chi connectivity index (χ2n) is 7.36. The second-order valence-corrected chi connectivity index (χ2v) is 7.36. The lowest BCUT2D eigenvalue weighted by molar-refractivity contribution is 0.0290. The van der Waals surface area contributed by atoms with Gasteiger partial charge in [-0.3, -0.25) is 0 Å². The predicted molar refractivity (Wildman–Crippen MR) is 80.8 cm³/mol. The molecule has 20 heavy (non-hydrogen) atoms. The third kappa shape index (κ3) is 4.37. The lowest BCUT2D eigenvalue weighted by Crippen LogP contribution is -2.41. The standard InChI is InChI=1S/C16H30N2O2/c1-5-12-6-7-13(10-12)17-14-8-9-18(11-14)15(19)20-16(2,3)4/h12-14,17H,5-11H2,1-4H3. The highest BCUT2D eigenvalue weighted by molar-refractivity contribution is 5.68. The van der Waals surface area contributed by atoms with E-state index in [2.05, 4.69) is 12.2 Å². The maximum Gasteiger partial charge on any atom is 0.410 e. The Morgan fingerprint density at radius 2 is 2.00 bits per heavy atom. The molecular formula is C16H30N2O2. The first kappa shape index (κ1) is 15.6. The highest BCUT2D eigenvalue weighted by Crippen LogP contribution is 2.28. The van der Waals surface area contributed by atoms with Gasteiger partial charge in [0.1, 0.15) is 5.60 Å². The van der Waals surface area contributed by atoms with Gasteiger partial charge >= 0.3 is 6.09 Å². The summed E-state index contributed by atoms with van der Waals surface area (Å²) in [7, 11) is 0. The Morgan fingerprint density at radius 3 is 2.60 bits per heavy atom. The number of rotatable bonds is 3. The van der Waals surface area contributed by atoms with Crippen molar-refractivity contribution >= 4 is 6.09 Å². The third-order valence-electron chi connectivity index (χ3n) is 4.43. The van der Waals surface area contributed by atoms with Crippen molar-refractivity contribution in [2.45, 2.75) is 77.5 Å². The van der Waals surface area contributed by atoms with Gasteiger partial charge in [-0.25, -0.2) is 4.79 Å². The minimum Gasteiger partial charge on any atom is -0.444 e. The van der Waals surface area contributed by atoms with Crippen LogP contribution in [0.4, 0.5) is 4.79 Å². The lowest BCUT2D eigenvalue weighted by Gasteiger charge is -2.25. The van der Waals surface area contributed by atoms with Crippen molar-refractivity contribution in [2.75, 3.05) is 13.1 Å². The molecule has 0 radical (unpaired) electrons. The van der Waals surface area contributed by atoms with E-state index in [9.17, 15) is 4.79 Å². The molecule has 2 aliphatic rings. The van der Waals surface area contributed by atoms with Crippen molar-refractivity contribution in [2.24, 2.45) is 5.92 Å². The van der Waals surface area contributed by atoms with Gasteiger partial charge in [0, 0.05) is 25.2 Å². The largest absolute Gasteiger partial charge is 0.444 e. The summed E-state index contributed by atoms with van der Waals surface area (Å²) in [5, 5.41) is 3.74. The molecule has 2 rings (SSSR count). The first-order chi connectivity index (χ1) is 9.37. The highest BCUT2D eigenvalue weighted by Gasteiger charge is 2.32. The van der Waals surface area contributed by atoms with Gasteiger partial charge in [0.25, 0.3) is 0 Å². The zero-order valence-corrected chi connectivity index (χ0v) is 13.4. The van der Waals surface area contributed by atoms with E-state index in [1.807, 2.05) is 25.7 Å². The van der Waals surface area contributed by atoms with Crippen LogP contribution in [-0.2, 0) is 4.74 Å². The Kier molecular flexibility index (Phi) is 4.95.